The molecule has 0 spiro atoms. The molecule has 0 radical (unpaired) electrons. The molecule has 1 atom stereocenters. The summed E-state index contributed by atoms with van der Waals surface area (Å²) >= 11 is 1.88. The standard InChI is InChI=1S/C11H23NO2S/c1-2-15-9-5-7-10(11(13)14)6-3-4-8-12/h10H,2-9,12H2,1H3,(H,13,14). The van der Waals surface area contributed by atoms with E-state index in [1.807, 2.05) is 11.8 Å². The van der Waals surface area contributed by atoms with Crippen molar-refractivity contribution in [3.05, 3.63) is 0 Å². The summed E-state index contributed by atoms with van der Waals surface area (Å²) in [5.74, 6) is 1.39. The smallest absolute Gasteiger partial charge is 0.306 e. The number of thioether (sulfide) groups is 1. The molecular weight excluding hydrogens is 210 g/mol. The van der Waals surface area contributed by atoms with Gasteiger partial charge in [0.2, 0.25) is 0 Å². The number of unbranched alkanes of at least 4 members (excludes halogenated alkanes) is 1. The Morgan fingerprint density at radius 3 is 2.53 bits per heavy atom. The Balaban J connectivity index is 3.59. The van der Waals surface area contributed by atoms with Crippen molar-refractivity contribution in [1.82, 2.24) is 0 Å². The highest BCUT2D eigenvalue weighted by molar-refractivity contribution is 7.99. The third-order valence-corrected chi connectivity index (χ3v) is 3.39. The van der Waals surface area contributed by atoms with Gasteiger partial charge in [-0.1, -0.05) is 13.3 Å². The molecule has 0 aliphatic heterocycles. The number of aliphatic carboxylic acids is 1. The monoisotopic (exact) mass is 233 g/mol. The summed E-state index contributed by atoms with van der Waals surface area (Å²) in [6.45, 7) is 2.79. The van der Waals surface area contributed by atoms with Crippen molar-refractivity contribution in [3.63, 3.8) is 0 Å². The van der Waals surface area contributed by atoms with Crippen LogP contribution in [0.2, 0.25) is 0 Å². The lowest BCUT2D eigenvalue weighted by atomic mass is 9.97. The fraction of sp³-hybridized carbons (Fsp3) is 0.909. The summed E-state index contributed by atoms with van der Waals surface area (Å²) in [5.41, 5.74) is 5.38. The van der Waals surface area contributed by atoms with Crippen LogP contribution in [0.4, 0.5) is 0 Å². The van der Waals surface area contributed by atoms with Crippen LogP contribution in [0, 0.1) is 5.92 Å². The van der Waals surface area contributed by atoms with E-state index in [2.05, 4.69) is 6.92 Å². The van der Waals surface area contributed by atoms with Crippen LogP contribution in [0.25, 0.3) is 0 Å². The second-order valence-corrected chi connectivity index (χ2v) is 5.05. The van der Waals surface area contributed by atoms with Crippen molar-refractivity contribution in [2.75, 3.05) is 18.1 Å². The molecule has 0 rings (SSSR count). The van der Waals surface area contributed by atoms with E-state index in [-0.39, 0.29) is 5.92 Å². The van der Waals surface area contributed by atoms with Crippen molar-refractivity contribution < 1.29 is 9.90 Å². The molecule has 1 unspecified atom stereocenters. The third kappa shape index (κ3) is 8.75. The zero-order chi connectivity index (χ0) is 11.5. The maximum Gasteiger partial charge on any atom is 0.306 e. The number of rotatable bonds is 10. The lowest BCUT2D eigenvalue weighted by Crippen LogP contribution is -2.14. The average Bonchev–Trinajstić information content (AvgIpc) is 2.21. The van der Waals surface area contributed by atoms with Crippen LogP contribution >= 0.6 is 11.8 Å². The minimum absolute atomic E-state index is 0.158. The molecule has 0 aliphatic rings. The summed E-state index contributed by atoms with van der Waals surface area (Å²) in [5, 5.41) is 8.99. The Hall–Kier alpha value is -0.220. The summed E-state index contributed by atoms with van der Waals surface area (Å²) in [4.78, 5) is 10.9. The Morgan fingerprint density at radius 2 is 2.00 bits per heavy atom. The topological polar surface area (TPSA) is 63.3 Å². The van der Waals surface area contributed by atoms with Crippen molar-refractivity contribution in [3.8, 4) is 0 Å². The van der Waals surface area contributed by atoms with Crippen molar-refractivity contribution >= 4 is 17.7 Å². The second kappa shape index (κ2) is 10.3. The molecule has 0 heterocycles. The zero-order valence-electron chi connectivity index (χ0n) is 9.58. The van der Waals surface area contributed by atoms with Crippen LogP contribution in [-0.2, 0) is 4.79 Å². The molecule has 15 heavy (non-hydrogen) atoms. The van der Waals surface area contributed by atoms with Gasteiger partial charge in [-0.2, -0.15) is 11.8 Å². The Morgan fingerprint density at radius 1 is 1.33 bits per heavy atom. The highest BCUT2D eigenvalue weighted by Crippen LogP contribution is 2.16. The van der Waals surface area contributed by atoms with Gasteiger partial charge >= 0.3 is 5.97 Å². The van der Waals surface area contributed by atoms with E-state index in [1.54, 1.807) is 0 Å². The fourth-order valence-electron chi connectivity index (χ4n) is 1.50. The molecule has 90 valence electrons. The molecule has 0 aromatic rings. The molecule has 0 bridgehead atoms. The normalized spacial score (nSPS) is 12.7. The first-order valence-electron chi connectivity index (χ1n) is 5.73. The summed E-state index contributed by atoms with van der Waals surface area (Å²) in [6, 6.07) is 0. The van der Waals surface area contributed by atoms with Crippen LogP contribution in [0.1, 0.15) is 39.0 Å². The molecule has 0 saturated heterocycles. The van der Waals surface area contributed by atoms with Gasteiger partial charge in [-0.05, 0) is 43.7 Å². The van der Waals surface area contributed by atoms with Crippen molar-refractivity contribution in [2.24, 2.45) is 11.7 Å². The summed E-state index contributed by atoms with van der Waals surface area (Å²) in [7, 11) is 0. The second-order valence-electron chi connectivity index (χ2n) is 3.66. The van der Waals surface area contributed by atoms with E-state index in [0.717, 1.165) is 43.6 Å². The number of nitrogens with two attached hydrogens (primary N) is 1. The van der Waals surface area contributed by atoms with Crippen LogP contribution in [-0.4, -0.2) is 29.1 Å². The highest BCUT2D eigenvalue weighted by atomic mass is 32.2. The Bertz CT molecular complexity index is 165. The van der Waals surface area contributed by atoms with Crippen LogP contribution in [0.3, 0.4) is 0 Å². The van der Waals surface area contributed by atoms with Gasteiger partial charge in [0.15, 0.2) is 0 Å². The summed E-state index contributed by atoms with van der Waals surface area (Å²) < 4.78 is 0. The molecule has 0 amide bonds. The van der Waals surface area contributed by atoms with Gasteiger partial charge in [-0.3, -0.25) is 4.79 Å². The van der Waals surface area contributed by atoms with Crippen LogP contribution in [0.5, 0.6) is 0 Å². The number of carboxylic acid groups (broad SMARTS) is 1. The molecule has 3 nitrogen and oxygen atoms in total. The molecular formula is C11H23NO2S. The molecule has 0 aromatic heterocycles. The average molecular weight is 233 g/mol. The number of carboxylic acids is 1. The lowest BCUT2D eigenvalue weighted by Gasteiger charge is -2.11. The van der Waals surface area contributed by atoms with Crippen molar-refractivity contribution in [2.45, 2.75) is 39.0 Å². The van der Waals surface area contributed by atoms with Gasteiger partial charge in [0.05, 0.1) is 5.92 Å². The first kappa shape index (κ1) is 14.8. The van der Waals surface area contributed by atoms with Crippen molar-refractivity contribution in [1.29, 1.82) is 0 Å². The molecule has 0 fully saturated rings. The Kier molecular flexibility index (Phi) is 10.2. The van der Waals surface area contributed by atoms with E-state index >= 15 is 0 Å². The van der Waals surface area contributed by atoms with Gasteiger partial charge in [0.1, 0.15) is 0 Å². The highest BCUT2D eigenvalue weighted by Gasteiger charge is 2.15. The fourth-order valence-corrected chi connectivity index (χ4v) is 2.16. The van der Waals surface area contributed by atoms with Gasteiger partial charge in [0, 0.05) is 0 Å². The molecule has 0 aromatic carbocycles. The quantitative estimate of drug-likeness (QED) is 0.569. The van der Waals surface area contributed by atoms with Gasteiger partial charge in [0.25, 0.3) is 0 Å². The lowest BCUT2D eigenvalue weighted by molar-refractivity contribution is -0.142. The predicted octanol–water partition coefficient (Wildman–Crippen LogP) is 2.35. The number of carbonyl (C=O) groups is 1. The number of hydrogen-bond donors (Lipinski definition) is 2. The maximum atomic E-state index is 10.9. The zero-order valence-corrected chi connectivity index (χ0v) is 10.4. The Labute approximate surface area is 96.8 Å². The van der Waals surface area contributed by atoms with Crippen LogP contribution in [0.15, 0.2) is 0 Å². The first-order chi connectivity index (χ1) is 7.22. The summed E-state index contributed by atoms with van der Waals surface area (Å²) in [6.07, 6.45) is 4.48. The first-order valence-corrected chi connectivity index (χ1v) is 6.88. The van der Waals surface area contributed by atoms with Gasteiger partial charge < -0.3 is 10.8 Å². The predicted molar refractivity (Wildman–Crippen MR) is 66.3 cm³/mol. The largest absolute Gasteiger partial charge is 0.481 e. The van der Waals surface area contributed by atoms with Gasteiger partial charge in [-0.25, -0.2) is 0 Å². The van der Waals surface area contributed by atoms with Crippen LogP contribution < -0.4 is 5.73 Å². The minimum Gasteiger partial charge on any atom is -0.481 e. The van der Waals surface area contributed by atoms with E-state index < -0.39 is 5.97 Å². The SMILES string of the molecule is CCSCCCC(CCCCN)C(=O)O. The molecule has 0 aliphatic carbocycles. The third-order valence-electron chi connectivity index (χ3n) is 2.40. The van der Waals surface area contributed by atoms with Gasteiger partial charge in [-0.15, -0.1) is 0 Å². The maximum absolute atomic E-state index is 10.9. The van der Waals surface area contributed by atoms with E-state index in [0.29, 0.717) is 6.54 Å². The molecule has 4 heteroatoms. The minimum atomic E-state index is -0.645. The van der Waals surface area contributed by atoms with E-state index in [4.69, 9.17) is 10.8 Å². The molecule has 3 N–H and O–H groups in total. The molecule has 0 saturated carbocycles. The van der Waals surface area contributed by atoms with E-state index in [9.17, 15) is 4.79 Å². The number of hydrogen-bond acceptors (Lipinski definition) is 3. The van der Waals surface area contributed by atoms with E-state index in [1.165, 1.54) is 0 Å².